The second-order valence-electron chi connectivity index (χ2n) is 5.43. The molecular formula is C16H23N3. The van der Waals surface area contributed by atoms with Crippen molar-refractivity contribution in [2.45, 2.75) is 57.4 Å². The molecule has 0 unspecified atom stereocenters. The fraction of sp³-hybridized carbons (Fsp3) is 0.562. The van der Waals surface area contributed by atoms with E-state index in [-0.39, 0.29) is 0 Å². The molecule has 3 nitrogen and oxygen atoms in total. The molecule has 0 spiro atoms. The summed E-state index contributed by atoms with van der Waals surface area (Å²) >= 11 is 0. The van der Waals surface area contributed by atoms with Crippen LogP contribution in [0.25, 0.3) is 0 Å². The molecule has 0 aromatic heterocycles. The van der Waals surface area contributed by atoms with Crippen molar-refractivity contribution in [2.75, 3.05) is 11.1 Å². The Bertz CT molecular complexity index is 440. The molecule has 0 saturated heterocycles. The van der Waals surface area contributed by atoms with E-state index >= 15 is 0 Å². The van der Waals surface area contributed by atoms with E-state index in [9.17, 15) is 0 Å². The van der Waals surface area contributed by atoms with E-state index < -0.39 is 0 Å². The molecule has 0 bridgehead atoms. The molecule has 19 heavy (non-hydrogen) atoms. The summed E-state index contributed by atoms with van der Waals surface area (Å²) in [6, 6.07) is 8.68. The van der Waals surface area contributed by atoms with Gasteiger partial charge in [-0.1, -0.05) is 32.1 Å². The molecule has 1 aromatic carbocycles. The number of nitrogen functional groups attached to an aromatic ring is 1. The summed E-state index contributed by atoms with van der Waals surface area (Å²) in [7, 11) is 0. The first-order chi connectivity index (χ1) is 9.29. The SMILES string of the molecule is N#CCc1cc(NC2CCCCCCC2)ccc1N. The molecule has 0 heterocycles. The molecule has 1 aromatic rings. The molecule has 1 saturated carbocycles. The van der Waals surface area contributed by atoms with Gasteiger partial charge in [-0.15, -0.1) is 0 Å². The number of nitriles is 1. The van der Waals surface area contributed by atoms with Crippen molar-refractivity contribution in [3.8, 4) is 6.07 Å². The molecular weight excluding hydrogens is 234 g/mol. The number of anilines is 2. The third-order valence-corrected chi connectivity index (χ3v) is 3.89. The van der Waals surface area contributed by atoms with Crippen LogP contribution in [0.4, 0.5) is 11.4 Å². The van der Waals surface area contributed by atoms with Crippen LogP contribution in [0.5, 0.6) is 0 Å². The molecule has 0 radical (unpaired) electrons. The van der Waals surface area contributed by atoms with Crippen molar-refractivity contribution >= 4 is 11.4 Å². The standard InChI is InChI=1S/C16H23N3/c17-11-10-13-12-15(8-9-16(13)18)19-14-6-4-2-1-3-5-7-14/h8-9,12,14,19H,1-7,10,18H2. The Labute approximate surface area is 115 Å². The average Bonchev–Trinajstić information content (AvgIpc) is 2.37. The lowest BCUT2D eigenvalue weighted by Gasteiger charge is -2.22. The van der Waals surface area contributed by atoms with Gasteiger partial charge in [0.1, 0.15) is 0 Å². The lowest BCUT2D eigenvalue weighted by atomic mass is 9.96. The van der Waals surface area contributed by atoms with Crippen LogP contribution in [0.3, 0.4) is 0 Å². The van der Waals surface area contributed by atoms with Gasteiger partial charge in [0.2, 0.25) is 0 Å². The van der Waals surface area contributed by atoms with Gasteiger partial charge >= 0.3 is 0 Å². The summed E-state index contributed by atoms with van der Waals surface area (Å²) in [6.07, 6.45) is 9.62. The normalized spacial score (nSPS) is 17.2. The highest BCUT2D eigenvalue weighted by Gasteiger charge is 2.11. The summed E-state index contributed by atoms with van der Waals surface area (Å²) in [5.41, 5.74) is 8.62. The Balaban J connectivity index is 2.01. The van der Waals surface area contributed by atoms with Gasteiger partial charge in [-0.25, -0.2) is 0 Å². The van der Waals surface area contributed by atoms with E-state index in [1.165, 1.54) is 44.9 Å². The minimum atomic E-state index is 0.381. The molecule has 102 valence electrons. The zero-order chi connectivity index (χ0) is 13.5. The minimum Gasteiger partial charge on any atom is -0.398 e. The molecule has 1 aliphatic rings. The number of hydrogen-bond acceptors (Lipinski definition) is 3. The molecule has 2 rings (SSSR count). The number of benzene rings is 1. The van der Waals surface area contributed by atoms with Gasteiger partial charge < -0.3 is 11.1 Å². The van der Waals surface area contributed by atoms with Crippen molar-refractivity contribution < 1.29 is 0 Å². The van der Waals surface area contributed by atoms with E-state index in [2.05, 4.69) is 11.4 Å². The predicted octanol–water partition coefficient (Wildman–Crippen LogP) is 3.86. The molecule has 1 fully saturated rings. The third-order valence-electron chi connectivity index (χ3n) is 3.89. The molecule has 3 heteroatoms. The molecule has 0 atom stereocenters. The summed E-state index contributed by atoms with van der Waals surface area (Å²) < 4.78 is 0. The number of nitrogens with zero attached hydrogens (tertiary/aromatic N) is 1. The van der Waals surface area contributed by atoms with Crippen LogP contribution in [0, 0.1) is 11.3 Å². The van der Waals surface area contributed by atoms with E-state index in [1.54, 1.807) is 0 Å². The van der Waals surface area contributed by atoms with Crippen LogP contribution >= 0.6 is 0 Å². The first kappa shape index (κ1) is 13.7. The second kappa shape index (κ2) is 7.04. The van der Waals surface area contributed by atoms with Gasteiger partial charge in [0.05, 0.1) is 12.5 Å². The van der Waals surface area contributed by atoms with Crippen LogP contribution in [0.15, 0.2) is 18.2 Å². The van der Waals surface area contributed by atoms with Crippen molar-refractivity contribution in [3.63, 3.8) is 0 Å². The van der Waals surface area contributed by atoms with Crippen molar-refractivity contribution in [1.29, 1.82) is 5.26 Å². The fourth-order valence-electron chi connectivity index (χ4n) is 2.77. The van der Waals surface area contributed by atoms with Crippen LogP contribution < -0.4 is 11.1 Å². The Hall–Kier alpha value is -1.69. The third kappa shape index (κ3) is 4.17. The van der Waals surface area contributed by atoms with Crippen LogP contribution in [-0.4, -0.2) is 6.04 Å². The predicted molar refractivity (Wildman–Crippen MR) is 79.9 cm³/mol. The maximum absolute atomic E-state index is 8.80. The minimum absolute atomic E-state index is 0.381. The lowest BCUT2D eigenvalue weighted by molar-refractivity contribution is 0.471. The largest absolute Gasteiger partial charge is 0.398 e. The molecule has 3 N–H and O–H groups in total. The maximum atomic E-state index is 8.80. The van der Waals surface area contributed by atoms with Gasteiger partial charge in [0, 0.05) is 17.4 Å². The van der Waals surface area contributed by atoms with E-state index in [0.717, 1.165) is 11.3 Å². The van der Waals surface area contributed by atoms with Gasteiger partial charge in [0.15, 0.2) is 0 Å². The number of nitrogens with two attached hydrogens (primary N) is 1. The summed E-state index contributed by atoms with van der Waals surface area (Å²) in [6.45, 7) is 0. The first-order valence-corrected chi connectivity index (χ1v) is 7.31. The number of hydrogen-bond donors (Lipinski definition) is 2. The fourth-order valence-corrected chi connectivity index (χ4v) is 2.77. The van der Waals surface area contributed by atoms with Crippen LogP contribution in [-0.2, 0) is 6.42 Å². The van der Waals surface area contributed by atoms with Gasteiger partial charge in [0.25, 0.3) is 0 Å². The highest BCUT2D eigenvalue weighted by Crippen LogP contribution is 2.23. The van der Waals surface area contributed by atoms with Gasteiger partial charge in [-0.05, 0) is 36.6 Å². The van der Waals surface area contributed by atoms with E-state index in [0.29, 0.717) is 18.2 Å². The van der Waals surface area contributed by atoms with Crippen molar-refractivity contribution in [3.05, 3.63) is 23.8 Å². The van der Waals surface area contributed by atoms with E-state index in [1.807, 2.05) is 18.2 Å². The zero-order valence-electron chi connectivity index (χ0n) is 11.5. The van der Waals surface area contributed by atoms with Crippen molar-refractivity contribution in [2.24, 2.45) is 0 Å². The lowest BCUT2D eigenvalue weighted by Crippen LogP contribution is -2.20. The zero-order valence-corrected chi connectivity index (χ0v) is 11.5. The molecule has 1 aliphatic carbocycles. The van der Waals surface area contributed by atoms with Crippen LogP contribution in [0.1, 0.15) is 50.5 Å². The van der Waals surface area contributed by atoms with Gasteiger partial charge in [-0.2, -0.15) is 5.26 Å². The second-order valence-corrected chi connectivity index (χ2v) is 5.43. The monoisotopic (exact) mass is 257 g/mol. The van der Waals surface area contributed by atoms with Crippen molar-refractivity contribution in [1.82, 2.24) is 0 Å². The Morgan fingerprint density at radius 2 is 1.84 bits per heavy atom. The average molecular weight is 257 g/mol. The Kier molecular flexibility index (Phi) is 5.09. The Morgan fingerprint density at radius 1 is 1.16 bits per heavy atom. The van der Waals surface area contributed by atoms with Gasteiger partial charge in [-0.3, -0.25) is 0 Å². The highest BCUT2D eigenvalue weighted by molar-refractivity contribution is 5.58. The van der Waals surface area contributed by atoms with E-state index in [4.69, 9.17) is 11.0 Å². The molecule has 0 aliphatic heterocycles. The summed E-state index contributed by atoms with van der Waals surface area (Å²) in [5, 5.41) is 12.4. The smallest absolute Gasteiger partial charge is 0.0670 e. The highest BCUT2D eigenvalue weighted by atomic mass is 14.9. The number of rotatable bonds is 3. The Morgan fingerprint density at radius 3 is 2.53 bits per heavy atom. The quantitative estimate of drug-likeness (QED) is 0.808. The summed E-state index contributed by atoms with van der Waals surface area (Å²) in [4.78, 5) is 0. The van der Waals surface area contributed by atoms with Crippen LogP contribution in [0.2, 0.25) is 0 Å². The summed E-state index contributed by atoms with van der Waals surface area (Å²) in [5.74, 6) is 0. The maximum Gasteiger partial charge on any atom is 0.0670 e. The topological polar surface area (TPSA) is 61.8 Å². The first-order valence-electron chi connectivity index (χ1n) is 7.31. The number of nitrogens with one attached hydrogen (secondary N) is 1. The molecule has 0 amide bonds.